The Balaban J connectivity index is 1.75. The van der Waals surface area contributed by atoms with E-state index in [9.17, 15) is 4.39 Å². The minimum absolute atomic E-state index is 0.200. The Hall–Kier alpha value is -3.79. The standard InChI is InChI=1S/C24H14FNO2/c25-21-7-3-15-2-6-20-22(8-4-16-1-5-19(21)23(15)24(16)20)26(17-9-11-27-13-17)18-10-12-28-14-18/h1-14H. The Morgan fingerprint density at radius 3 is 1.82 bits per heavy atom. The van der Waals surface area contributed by atoms with Crippen molar-refractivity contribution in [2.24, 2.45) is 0 Å². The summed E-state index contributed by atoms with van der Waals surface area (Å²) in [6, 6.07) is 19.3. The van der Waals surface area contributed by atoms with Crippen LogP contribution in [0.5, 0.6) is 0 Å². The van der Waals surface area contributed by atoms with Crippen LogP contribution in [0, 0.1) is 5.82 Å². The smallest absolute Gasteiger partial charge is 0.131 e. The summed E-state index contributed by atoms with van der Waals surface area (Å²) in [6.07, 6.45) is 6.69. The molecule has 6 aromatic rings. The normalized spacial score (nSPS) is 11.8. The van der Waals surface area contributed by atoms with Crippen LogP contribution in [0.15, 0.2) is 94.6 Å². The lowest BCUT2D eigenvalue weighted by atomic mass is 9.93. The van der Waals surface area contributed by atoms with Crippen LogP contribution in [0.2, 0.25) is 0 Å². The van der Waals surface area contributed by atoms with Gasteiger partial charge in [-0.3, -0.25) is 0 Å². The van der Waals surface area contributed by atoms with Gasteiger partial charge in [-0.2, -0.15) is 0 Å². The molecule has 28 heavy (non-hydrogen) atoms. The van der Waals surface area contributed by atoms with Crippen molar-refractivity contribution in [1.29, 1.82) is 0 Å². The molecule has 0 fully saturated rings. The van der Waals surface area contributed by atoms with Crippen LogP contribution >= 0.6 is 0 Å². The van der Waals surface area contributed by atoms with Gasteiger partial charge in [-0.05, 0) is 28.3 Å². The minimum atomic E-state index is -0.200. The van der Waals surface area contributed by atoms with Crippen molar-refractivity contribution in [3.63, 3.8) is 0 Å². The number of anilines is 3. The van der Waals surface area contributed by atoms with E-state index in [4.69, 9.17) is 8.83 Å². The highest BCUT2D eigenvalue weighted by Gasteiger charge is 2.20. The predicted molar refractivity (Wildman–Crippen MR) is 109 cm³/mol. The maximum absolute atomic E-state index is 14.5. The molecule has 2 aromatic heterocycles. The Kier molecular flexibility index (Phi) is 3.06. The molecule has 0 saturated carbocycles. The second-order valence-corrected chi connectivity index (χ2v) is 6.85. The molecule has 4 heteroatoms. The lowest BCUT2D eigenvalue weighted by Crippen LogP contribution is -2.08. The molecule has 0 aliphatic heterocycles. The predicted octanol–water partition coefficient (Wildman–Crippen LogP) is 7.38. The SMILES string of the molecule is Fc1ccc2ccc3c(N(c4ccoc4)c4ccoc4)ccc4ccc1c2c43. The van der Waals surface area contributed by atoms with Crippen molar-refractivity contribution in [3.05, 3.63) is 91.5 Å². The van der Waals surface area contributed by atoms with Gasteiger partial charge in [-0.15, -0.1) is 0 Å². The number of hydrogen-bond donors (Lipinski definition) is 0. The van der Waals surface area contributed by atoms with E-state index in [0.29, 0.717) is 5.39 Å². The largest absolute Gasteiger partial charge is 0.470 e. The van der Waals surface area contributed by atoms with Gasteiger partial charge in [0.05, 0.1) is 29.6 Å². The quantitative estimate of drug-likeness (QED) is 0.306. The van der Waals surface area contributed by atoms with Crippen LogP contribution in [-0.2, 0) is 0 Å². The van der Waals surface area contributed by atoms with Crippen LogP contribution in [0.4, 0.5) is 21.5 Å². The van der Waals surface area contributed by atoms with E-state index in [1.807, 2.05) is 30.3 Å². The molecule has 0 radical (unpaired) electrons. The monoisotopic (exact) mass is 367 g/mol. The highest BCUT2D eigenvalue weighted by atomic mass is 19.1. The van der Waals surface area contributed by atoms with E-state index in [1.54, 1.807) is 25.1 Å². The lowest BCUT2D eigenvalue weighted by Gasteiger charge is -2.24. The van der Waals surface area contributed by atoms with Gasteiger partial charge in [-0.1, -0.05) is 36.4 Å². The maximum atomic E-state index is 14.5. The van der Waals surface area contributed by atoms with Crippen molar-refractivity contribution in [2.75, 3.05) is 4.90 Å². The summed E-state index contributed by atoms with van der Waals surface area (Å²) in [4.78, 5) is 2.08. The summed E-state index contributed by atoms with van der Waals surface area (Å²) >= 11 is 0. The summed E-state index contributed by atoms with van der Waals surface area (Å²) in [7, 11) is 0. The van der Waals surface area contributed by atoms with E-state index in [2.05, 4.69) is 29.2 Å². The number of benzene rings is 4. The molecule has 0 amide bonds. The lowest BCUT2D eigenvalue weighted by molar-refractivity contribution is 0.566. The molecular weight excluding hydrogens is 353 g/mol. The first kappa shape index (κ1) is 15.3. The summed E-state index contributed by atoms with van der Waals surface area (Å²) in [6.45, 7) is 0. The third kappa shape index (κ3) is 2.03. The number of hydrogen-bond acceptors (Lipinski definition) is 3. The summed E-state index contributed by atoms with van der Waals surface area (Å²) in [5.74, 6) is -0.200. The third-order valence-electron chi connectivity index (χ3n) is 5.36. The fourth-order valence-corrected chi connectivity index (χ4v) is 4.14. The molecule has 0 spiro atoms. The van der Waals surface area contributed by atoms with Gasteiger partial charge in [-0.25, -0.2) is 4.39 Å². The zero-order valence-corrected chi connectivity index (χ0v) is 14.7. The van der Waals surface area contributed by atoms with Crippen LogP contribution in [-0.4, -0.2) is 0 Å². The number of nitrogens with zero attached hydrogens (tertiary/aromatic N) is 1. The van der Waals surface area contributed by atoms with Gasteiger partial charge in [0.25, 0.3) is 0 Å². The van der Waals surface area contributed by atoms with E-state index in [1.165, 1.54) is 6.07 Å². The van der Waals surface area contributed by atoms with Crippen LogP contribution in [0.3, 0.4) is 0 Å². The zero-order chi connectivity index (χ0) is 18.7. The second-order valence-electron chi connectivity index (χ2n) is 6.85. The Morgan fingerprint density at radius 2 is 1.18 bits per heavy atom. The van der Waals surface area contributed by atoms with E-state index >= 15 is 0 Å². The highest BCUT2D eigenvalue weighted by molar-refractivity contribution is 6.25. The molecular formula is C24H14FNO2. The molecule has 0 unspecified atom stereocenters. The van der Waals surface area contributed by atoms with Crippen molar-refractivity contribution < 1.29 is 13.2 Å². The topological polar surface area (TPSA) is 29.5 Å². The Morgan fingerprint density at radius 1 is 0.607 bits per heavy atom. The molecule has 0 saturated heterocycles. The summed E-state index contributed by atoms with van der Waals surface area (Å²) in [5.41, 5.74) is 2.76. The first-order valence-electron chi connectivity index (χ1n) is 9.02. The summed E-state index contributed by atoms with van der Waals surface area (Å²) in [5, 5.41) is 5.82. The number of furan rings is 2. The van der Waals surface area contributed by atoms with Gasteiger partial charge in [0.2, 0.25) is 0 Å². The number of halogens is 1. The maximum Gasteiger partial charge on any atom is 0.131 e. The zero-order valence-electron chi connectivity index (χ0n) is 14.7. The van der Waals surface area contributed by atoms with Gasteiger partial charge in [0.1, 0.15) is 18.3 Å². The second kappa shape index (κ2) is 5.60. The fourth-order valence-electron chi connectivity index (χ4n) is 4.14. The molecule has 2 heterocycles. The third-order valence-corrected chi connectivity index (χ3v) is 5.36. The molecule has 0 aliphatic rings. The van der Waals surface area contributed by atoms with Crippen molar-refractivity contribution in [1.82, 2.24) is 0 Å². The molecule has 0 aliphatic carbocycles. The van der Waals surface area contributed by atoms with Crippen molar-refractivity contribution in [2.45, 2.75) is 0 Å². The van der Waals surface area contributed by atoms with E-state index in [0.717, 1.165) is 44.0 Å². The van der Waals surface area contributed by atoms with Gasteiger partial charge < -0.3 is 13.7 Å². The van der Waals surface area contributed by atoms with Gasteiger partial charge in [0, 0.05) is 28.3 Å². The van der Waals surface area contributed by atoms with Crippen LogP contribution in [0.25, 0.3) is 32.3 Å². The van der Waals surface area contributed by atoms with Crippen LogP contribution in [0.1, 0.15) is 0 Å². The first-order chi connectivity index (χ1) is 13.8. The average Bonchev–Trinajstić information content (AvgIpc) is 3.43. The van der Waals surface area contributed by atoms with Crippen molar-refractivity contribution >= 4 is 49.4 Å². The Labute approximate surface area is 159 Å². The first-order valence-corrected chi connectivity index (χ1v) is 9.02. The van der Waals surface area contributed by atoms with Gasteiger partial charge in [0.15, 0.2) is 0 Å². The van der Waals surface area contributed by atoms with E-state index in [-0.39, 0.29) is 5.82 Å². The molecule has 134 valence electrons. The molecule has 0 atom stereocenters. The highest BCUT2D eigenvalue weighted by Crippen LogP contribution is 2.44. The van der Waals surface area contributed by atoms with Crippen LogP contribution < -0.4 is 4.90 Å². The number of rotatable bonds is 3. The molecule has 3 nitrogen and oxygen atoms in total. The molecule has 0 N–H and O–H groups in total. The minimum Gasteiger partial charge on any atom is -0.470 e. The molecule has 0 bridgehead atoms. The van der Waals surface area contributed by atoms with Gasteiger partial charge >= 0.3 is 0 Å². The summed E-state index contributed by atoms with van der Waals surface area (Å²) < 4.78 is 25.2. The fraction of sp³-hybridized carbons (Fsp3) is 0. The molecule has 4 aromatic carbocycles. The Bertz CT molecular complexity index is 1380. The van der Waals surface area contributed by atoms with E-state index < -0.39 is 0 Å². The molecule has 6 rings (SSSR count). The van der Waals surface area contributed by atoms with Crippen molar-refractivity contribution in [3.8, 4) is 0 Å². The average molecular weight is 367 g/mol.